The Morgan fingerprint density at radius 1 is 1.00 bits per heavy atom. The number of hydrogen-bond donors (Lipinski definition) is 0. The summed E-state index contributed by atoms with van der Waals surface area (Å²) in [6.07, 6.45) is 2.35. The van der Waals surface area contributed by atoms with Gasteiger partial charge in [-0.1, -0.05) is 0 Å². The normalized spacial score (nSPS) is 63.4. The second-order valence-electron chi connectivity index (χ2n) is 6.76. The van der Waals surface area contributed by atoms with E-state index >= 15 is 0 Å². The predicted molar refractivity (Wildman–Crippen MR) is 59.1 cm³/mol. The van der Waals surface area contributed by atoms with Crippen molar-refractivity contribution in [1.29, 1.82) is 0 Å². The molecule has 18 heavy (non-hydrogen) atoms. The van der Waals surface area contributed by atoms with Gasteiger partial charge in [-0.2, -0.15) is 0 Å². The van der Waals surface area contributed by atoms with Crippen LogP contribution in [0.5, 0.6) is 0 Å². The molecule has 0 aromatic carbocycles. The van der Waals surface area contributed by atoms with E-state index in [2.05, 4.69) is 0 Å². The second-order valence-corrected chi connectivity index (χ2v) is 6.76. The van der Waals surface area contributed by atoms with Gasteiger partial charge in [0.05, 0.1) is 25.0 Å². The summed E-state index contributed by atoms with van der Waals surface area (Å²) in [6.45, 7) is 0. The fourth-order valence-corrected chi connectivity index (χ4v) is 7.42. The first-order valence-corrected chi connectivity index (χ1v) is 6.85. The third-order valence-corrected chi connectivity index (χ3v) is 7.27. The Kier molecular flexibility index (Phi) is 1.28. The third-order valence-electron chi connectivity index (χ3n) is 7.27. The average molecular weight is 248 g/mol. The molecule has 0 saturated heterocycles. The van der Waals surface area contributed by atoms with Crippen LogP contribution in [0.15, 0.2) is 0 Å². The SMILES string of the molecule is COC(=O)[C@@]12[C@H]3[C@@H]4CC[C@H]5[C@H]3[C@H]1[C@]5(C(=O)OC)[C@H]42. The lowest BCUT2D eigenvalue weighted by Gasteiger charge is -2.99. The lowest BCUT2D eigenvalue weighted by atomic mass is 9.01. The number of carbonyl (C=O) groups excluding carboxylic acids is 2. The van der Waals surface area contributed by atoms with Gasteiger partial charge in [0.1, 0.15) is 0 Å². The van der Waals surface area contributed by atoms with Gasteiger partial charge in [-0.3, -0.25) is 9.59 Å². The van der Waals surface area contributed by atoms with Crippen LogP contribution in [0.25, 0.3) is 0 Å². The number of hydrogen-bond acceptors (Lipinski definition) is 4. The molecule has 8 atom stereocenters. The molecule has 4 heteroatoms. The van der Waals surface area contributed by atoms with E-state index in [1.165, 1.54) is 20.6 Å². The van der Waals surface area contributed by atoms with Crippen LogP contribution in [0.1, 0.15) is 12.8 Å². The molecule has 6 aliphatic rings. The summed E-state index contributed by atoms with van der Waals surface area (Å²) < 4.78 is 10.1. The lowest BCUT2D eigenvalue weighted by molar-refractivity contribution is -0.532. The van der Waals surface area contributed by atoms with E-state index in [0.717, 1.165) is 6.42 Å². The fraction of sp³-hybridized carbons (Fsp3) is 0.857. The van der Waals surface area contributed by atoms with Crippen molar-refractivity contribution >= 4 is 11.9 Å². The Labute approximate surface area is 105 Å². The summed E-state index contributed by atoms with van der Waals surface area (Å²) in [7, 11) is 2.95. The van der Waals surface area contributed by atoms with E-state index in [-0.39, 0.29) is 34.6 Å². The van der Waals surface area contributed by atoms with Gasteiger partial charge in [0.2, 0.25) is 0 Å². The van der Waals surface area contributed by atoms with Crippen LogP contribution in [0.2, 0.25) is 0 Å². The summed E-state index contributed by atoms with van der Waals surface area (Å²) >= 11 is 0. The van der Waals surface area contributed by atoms with Gasteiger partial charge in [-0.25, -0.2) is 0 Å². The molecule has 6 rings (SSSR count). The molecular weight excluding hydrogens is 232 g/mol. The lowest BCUT2D eigenvalue weighted by Crippen LogP contribution is -3.02. The molecular formula is C14H16O4. The Hall–Kier alpha value is -1.06. The van der Waals surface area contributed by atoms with Gasteiger partial charge in [0.25, 0.3) is 0 Å². The molecule has 0 aromatic rings. The number of carbonyl (C=O) groups is 2. The van der Waals surface area contributed by atoms with Crippen LogP contribution >= 0.6 is 0 Å². The van der Waals surface area contributed by atoms with Gasteiger partial charge in [-0.15, -0.1) is 0 Å². The number of methoxy groups -OCH3 is 2. The van der Waals surface area contributed by atoms with Crippen molar-refractivity contribution in [1.82, 2.24) is 0 Å². The maximum absolute atomic E-state index is 12.2. The van der Waals surface area contributed by atoms with E-state index in [1.807, 2.05) is 0 Å². The van der Waals surface area contributed by atoms with Crippen LogP contribution in [0.3, 0.4) is 0 Å². The average Bonchev–Trinajstić information content (AvgIpc) is 2.36. The molecule has 0 amide bonds. The van der Waals surface area contributed by atoms with Crippen molar-refractivity contribution in [2.45, 2.75) is 12.8 Å². The van der Waals surface area contributed by atoms with Crippen molar-refractivity contribution in [3.8, 4) is 0 Å². The predicted octanol–water partition coefficient (Wildman–Crippen LogP) is 0.851. The zero-order valence-electron chi connectivity index (χ0n) is 10.5. The van der Waals surface area contributed by atoms with Crippen molar-refractivity contribution in [2.75, 3.05) is 14.2 Å². The molecule has 0 spiro atoms. The summed E-state index contributed by atoms with van der Waals surface area (Å²) in [5, 5.41) is 0. The molecule has 6 fully saturated rings. The summed E-state index contributed by atoms with van der Waals surface area (Å²) in [5.74, 6) is 2.61. The van der Waals surface area contributed by atoms with E-state index in [4.69, 9.17) is 9.47 Å². The molecule has 0 unspecified atom stereocenters. The fourth-order valence-electron chi connectivity index (χ4n) is 7.42. The maximum atomic E-state index is 12.2. The zero-order valence-corrected chi connectivity index (χ0v) is 10.5. The number of ether oxygens (including phenoxy) is 2. The Balaban J connectivity index is 1.64. The van der Waals surface area contributed by atoms with Crippen LogP contribution in [-0.2, 0) is 19.1 Å². The highest BCUT2D eigenvalue weighted by atomic mass is 16.5. The van der Waals surface area contributed by atoms with Gasteiger partial charge in [0, 0.05) is 0 Å². The van der Waals surface area contributed by atoms with Gasteiger partial charge < -0.3 is 9.47 Å². The number of fused-ring (bicyclic) bond motifs is 1. The molecule has 6 aliphatic carbocycles. The molecule has 2 bridgehead atoms. The molecule has 0 radical (unpaired) electrons. The van der Waals surface area contributed by atoms with E-state index in [9.17, 15) is 9.59 Å². The molecule has 0 aromatic heterocycles. The van der Waals surface area contributed by atoms with Crippen LogP contribution < -0.4 is 0 Å². The largest absolute Gasteiger partial charge is 0.469 e. The number of esters is 2. The van der Waals surface area contributed by atoms with E-state index < -0.39 is 0 Å². The minimum atomic E-state index is -0.286. The minimum absolute atomic E-state index is 0.0545. The van der Waals surface area contributed by atoms with Crippen molar-refractivity contribution in [2.24, 2.45) is 46.3 Å². The first-order valence-electron chi connectivity index (χ1n) is 6.85. The Morgan fingerprint density at radius 2 is 1.67 bits per heavy atom. The van der Waals surface area contributed by atoms with Gasteiger partial charge in [0.15, 0.2) is 0 Å². The van der Waals surface area contributed by atoms with E-state index in [1.54, 1.807) is 0 Å². The van der Waals surface area contributed by atoms with Crippen LogP contribution in [-0.4, -0.2) is 26.2 Å². The monoisotopic (exact) mass is 248 g/mol. The van der Waals surface area contributed by atoms with E-state index in [0.29, 0.717) is 23.7 Å². The van der Waals surface area contributed by atoms with Gasteiger partial charge >= 0.3 is 11.9 Å². The highest BCUT2D eigenvalue weighted by Gasteiger charge is 3.05. The Bertz CT molecular complexity index is 510. The standard InChI is InChI=1S/C14H16O4/c1-17-11(15)13-6-4-3-5-8-7(6)10(13)14(8,9(5)13)12(16)18-2/h5-10H,3-4H2,1-2H3/t5-,6-,7+,8-,9-,10-,13+,14+/m0/s1. The highest BCUT2D eigenvalue weighted by Crippen LogP contribution is 3.02. The molecule has 6 saturated carbocycles. The molecule has 0 aliphatic heterocycles. The number of rotatable bonds is 2. The topological polar surface area (TPSA) is 52.6 Å². The summed E-state index contributed by atoms with van der Waals surface area (Å²) in [4.78, 5) is 24.4. The quantitative estimate of drug-likeness (QED) is 0.680. The van der Waals surface area contributed by atoms with Crippen LogP contribution in [0, 0.1) is 46.3 Å². The zero-order chi connectivity index (χ0) is 12.4. The van der Waals surface area contributed by atoms with Crippen molar-refractivity contribution in [3.63, 3.8) is 0 Å². The third kappa shape index (κ3) is 0.503. The van der Waals surface area contributed by atoms with Crippen LogP contribution in [0.4, 0.5) is 0 Å². The van der Waals surface area contributed by atoms with Gasteiger partial charge in [-0.05, 0) is 48.3 Å². The highest BCUT2D eigenvalue weighted by molar-refractivity contribution is 5.95. The molecule has 0 N–H and O–H groups in total. The molecule has 4 nitrogen and oxygen atoms in total. The smallest absolute Gasteiger partial charge is 0.312 e. The molecule has 0 heterocycles. The van der Waals surface area contributed by atoms with Crippen molar-refractivity contribution < 1.29 is 19.1 Å². The first-order chi connectivity index (χ1) is 8.68. The molecule has 96 valence electrons. The second kappa shape index (κ2) is 2.35. The van der Waals surface area contributed by atoms with Crippen molar-refractivity contribution in [3.05, 3.63) is 0 Å². The maximum Gasteiger partial charge on any atom is 0.312 e. The minimum Gasteiger partial charge on any atom is -0.469 e. The summed E-state index contributed by atoms with van der Waals surface area (Å²) in [5.41, 5.74) is -0.555. The Morgan fingerprint density at radius 3 is 2.28 bits per heavy atom. The summed E-state index contributed by atoms with van der Waals surface area (Å²) in [6, 6.07) is 0. The first kappa shape index (κ1) is 9.82.